The van der Waals surface area contributed by atoms with Crippen molar-refractivity contribution in [3.63, 3.8) is 0 Å². The topological polar surface area (TPSA) is 55.8 Å². The molecule has 0 spiro atoms. The zero-order valence-electron chi connectivity index (χ0n) is 10.2. The average molecular weight is 230 g/mol. The van der Waals surface area contributed by atoms with Gasteiger partial charge < -0.3 is 14.6 Å². The standard InChI is InChI=1S/C12H22O4/c1-12(11(13)14,8-9-15-2)16-10-6-4-3-5-7-10/h10H,3-9H2,1-2H3,(H,13,14). The van der Waals surface area contributed by atoms with E-state index in [1.165, 1.54) is 6.42 Å². The Labute approximate surface area is 96.9 Å². The number of aliphatic carboxylic acids is 1. The summed E-state index contributed by atoms with van der Waals surface area (Å²) in [6.45, 7) is 2.05. The third-order valence-corrected chi connectivity index (χ3v) is 3.21. The first-order valence-electron chi connectivity index (χ1n) is 5.98. The van der Waals surface area contributed by atoms with E-state index in [9.17, 15) is 9.90 Å². The first-order chi connectivity index (χ1) is 7.58. The van der Waals surface area contributed by atoms with Gasteiger partial charge in [0.15, 0.2) is 5.60 Å². The van der Waals surface area contributed by atoms with Gasteiger partial charge in [-0.2, -0.15) is 0 Å². The Balaban J connectivity index is 2.51. The zero-order valence-corrected chi connectivity index (χ0v) is 10.2. The maximum atomic E-state index is 11.2. The molecule has 4 nitrogen and oxygen atoms in total. The summed E-state index contributed by atoms with van der Waals surface area (Å²) in [4.78, 5) is 11.2. The van der Waals surface area contributed by atoms with Crippen LogP contribution in [0, 0.1) is 0 Å². The van der Waals surface area contributed by atoms with E-state index in [1.54, 1.807) is 14.0 Å². The number of ether oxygens (including phenoxy) is 2. The van der Waals surface area contributed by atoms with Crippen LogP contribution in [0.3, 0.4) is 0 Å². The molecule has 0 aromatic carbocycles. The quantitative estimate of drug-likeness (QED) is 0.760. The molecule has 0 aromatic heterocycles. The fraction of sp³-hybridized carbons (Fsp3) is 0.917. The van der Waals surface area contributed by atoms with Gasteiger partial charge in [0.05, 0.1) is 6.10 Å². The van der Waals surface area contributed by atoms with E-state index in [2.05, 4.69) is 0 Å². The van der Waals surface area contributed by atoms with Crippen LogP contribution in [0.25, 0.3) is 0 Å². The predicted molar refractivity (Wildman–Crippen MR) is 60.5 cm³/mol. The molecule has 0 saturated heterocycles. The lowest BCUT2D eigenvalue weighted by Gasteiger charge is -2.32. The van der Waals surface area contributed by atoms with E-state index >= 15 is 0 Å². The van der Waals surface area contributed by atoms with Gasteiger partial charge in [-0.05, 0) is 19.8 Å². The third-order valence-electron chi connectivity index (χ3n) is 3.21. The summed E-state index contributed by atoms with van der Waals surface area (Å²) in [7, 11) is 1.57. The Morgan fingerprint density at radius 2 is 2.00 bits per heavy atom. The fourth-order valence-corrected chi connectivity index (χ4v) is 2.06. The highest BCUT2D eigenvalue weighted by Gasteiger charge is 2.36. The van der Waals surface area contributed by atoms with Gasteiger partial charge in [-0.25, -0.2) is 4.79 Å². The van der Waals surface area contributed by atoms with Crippen molar-refractivity contribution in [2.24, 2.45) is 0 Å². The molecule has 1 unspecified atom stereocenters. The Kier molecular flexibility index (Phi) is 5.22. The van der Waals surface area contributed by atoms with E-state index in [4.69, 9.17) is 9.47 Å². The van der Waals surface area contributed by atoms with Crippen molar-refractivity contribution in [1.29, 1.82) is 0 Å². The molecule has 0 heterocycles. The van der Waals surface area contributed by atoms with Crippen LogP contribution >= 0.6 is 0 Å². The lowest BCUT2D eigenvalue weighted by Crippen LogP contribution is -2.43. The number of hydrogen-bond acceptors (Lipinski definition) is 3. The van der Waals surface area contributed by atoms with Crippen molar-refractivity contribution < 1.29 is 19.4 Å². The molecule has 0 bridgehead atoms. The summed E-state index contributed by atoms with van der Waals surface area (Å²) >= 11 is 0. The molecular formula is C12H22O4. The molecule has 1 aliphatic carbocycles. The maximum absolute atomic E-state index is 11.2. The molecule has 0 aromatic rings. The van der Waals surface area contributed by atoms with E-state index in [1.807, 2.05) is 0 Å². The van der Waals surface area contributed by atoms with Gasteiger partial charge in [-0.15, -0.1) is 0 Å². The minimum atomic E-state index is -1.10. The first-order valence-corrected chi connectivity index (χ1v) is 5.98. The molecule has 16 heavy (non-hydrogen) atoms. The van der Waals surface area contributed by atoms with Crippen molar-refractivity contribution >= 4 is 5.97 Å². The summed E-state index contributed by atoms with van der Waals surface area (Å²) < 4.78 is 10.7. The van der Waals surface area contributed by atoms with Crippen LogP contribution in [0.2, 0.25) is 0 Å². The molecule has 0 aliphatic heterocycles. The second-order valence-corrected chi connectivity index (χ2v) is 4.66. The monoisotopic (exact) mass is 230 g/mol. The summed E-state index contributed by atoms with van der Waals surface area (Å²) in [6.07, 6.45) is 5.99. The SMILES string of the molecule is COCCC(C)(OC1CCCCC1)C(=O)O. The van der Waals surface area contributed by atoms with Gasteiger partial charge in [-0.3, -0.25) is 0 Å². The number of rotatable bonds is 6. The summed E-state index contributed by atoms with van der Waals surface area (Å²) in [5.74, 6) is -0.893. The van der Waals surface area contributed by atoms with Gasteiger partial charge in [-0.1, -0.05) is 19.3 Å². The molecular weight excluding hydrogens is 208 g/mol. The Morgan fingerprint density at radius 3 is 2.50 bits per heavy atom. The summed E-state index contributed by atoms with van der Waals surface area (Å²) in [5.41, 5.74) is -1.10. The number of hydrogen-bond donors (Lipinski definition) is 1. The summed E-state index contributed by atoms with van der Waals surface area (Å²) in [6, 6.07) is 0. The fourth-order valence-electron chi connectivity index (χ4n) is 2.06. The lowest BCUT2D eigenvalue weighted by atomic mass is 9.95. The van der Waals surface area contributed by atoms with E-state index in [0.29, 0.717) is 13.0 Å². The maximum Gasteiger partial charge on any atom is 0.335 e. The Hall–Kier alpha value is -0.610. The normalized spacial score (nSPS) is 21.6. The Bertz CT molecular complexity index is 223. The van der Waals surface area contributed by atoms with Crippen LogP contribution in [0.4, 0.5) is 0 Å². The highest BCUT2D eigenvalue weighted by molar-refractivity contribution is 5.76. The molecule has 1 rings (SSSR count). The number of carboxylic acid groups (broad SMARTS) is 1. The van der Waals surface area contributed by atoms with Gasteiger partial charge in [0.1, 0.15) is 0 Å². The van der Waals surface area contributed by atoms with Crippen LogP contribution in [0.5, 0.6) is 0 Å². The average Bonchev–Trinajstić information content (AvgIpc) is 2.27. The zero-order chi connectivity index (χ0) is 12.0. The number of carboxylic acids is 1. The number of carbonyl (C=O) groups is 1. The smallest absolute Gasteiger partial charge is 0.335 e. The number of methoxy groups -OCH3 is 1. The largest absolute Gasteiger partial charge is 0.479 e. The van der Waals surface area contributed by atoms with Crippen molar-refractivity contribution in [3.05, 3.63) is 0 Å². The predicted octanol–water partition coefficient (Wildman–Crippen LogP) is 2.22. The van der Waals surface area contributed by atoms with Crippen LogP contribution in [0.1, 0.15) is 45.4 Å². The van der Waals surface area contributed by atoms with E-state index < -0.39 is 11.6 Å². The van der Waals surface area contributed by atoms with Crippen LogP contribution in [-0.2, 0) is 14.3 Å². The summed E-state index contributed by atoms with van der Waals surface area (Å²) in [5, 5.41) is 9.21. The molecule has 1 atom stereocenters. The van der Waals surface area contributed by atoms with Gasteiger partial charge in [0, 0.05) is 20.1 Å². The Morgan fingerprint density at radius 1 is 1.38 bits per heavy atom. The molecule has 4 heteroatoms. The first kappa shape index (κ1) is 13.5. The third kappa shape index (κ3) is 3.76. The highest BCUT2D eigenvalue weighted by atomic mass is 16.5. The molecule has 0 amide bonds. The van der Waals surface area contributed by atoms with E-state index in [0.717, 1.165) is 25.7 Å². The second-order valence-electron chi connectivity index (χ2n) is 4.66. The molecule has 1 aliphatic rings. The van der Waals surface area contributed by atoms with Crippen molar-refractivity contribution in [2.45, 2.75) is 57.2 Å². The highest BCUT2D eigenvalue weighted by Crippen LogP contribution is 2.27. The van der Waals surface area contributed by atoms with Gasteiger partial charge in [0.25, 0.3) is 0 Å². The molecule has 1 fully saturated rings. The molecule has 1 saturated carbocycles. The lowest BCUT2D eigenvalue weighted by molar-refractivity contribution is -0.176. The van der Waals surface area contributed by atoms with Crippen LogP contribution in [-0.4, -0.2) is 36.5 Å². The van der Waals surface area contributed by atoms with Crippen molar-refractivity contribution in [3.8, 4) is 0 Å². The van der Waals surface area contributed by atoms with Crippen LogP contribution in [0.15, 0.2) is 0 Å². The van der Waals surface area contributed by atoms with E-state index in [-0.39, 0.29) is 6.10 Å². The molecule has 1 N–H and O–H groups in total. The van der Waals surface area contributed by atoms with Crippen LogP contribution < -0.4 is 0 Å². The van der Waals surface area contributed by atoms with Crippen molar-refractivity contribution in [2.75, 3.05) is 13.7 Å². The van der Waals surface area contributed by atoms with Gasteiger partial charge in [0.2, 0.25) is 0 Å². The van der Waals surface area contributed by atoms with Crippen molar-refractivity contribution in [1.82, 2.24) is 0 Å². The minimum Gasteiger partial charge on any atom is -0.479 e. The molecule has 94 valence electrons. The second kappa shape index (κ2) is 6.21. The van der Waals surface area contributed by atoms with Gasteiger partial charge >= 0.3 is 5.97 Å². The molecule has 0 radical (unpaired) electrons. The minimum absolute atomic E-state index is 0.103.